The Labute approximate surface area is 253 Å². The van der Waals surface area contributed by atoms with Gasteiger partial charge in [-0.05, 0) is 64.2 Å². The number of carbonyl (C=O) groups excluding carboxylic acids is 2. The monoisotopic (exact) mass is 578 g/mol. The van der Waals surface area contributed by atoms with Crippen LogP contribution in [0.3, 0.4) is 0 Å². The van der Waals surface area contributed by atoms with Crippen molar-refractivity contribution in [3.8, 4) is 0 Å². The second-order valence-electron chi connectivity index (χ2n) is 11.9. The van der Waals surface area contributed by atoms with E-state index in [-0.39, 0.29) is 24.1 Å². The van der Waals surface area contributed by atoms with Crippen molar-refractivity contribution in [1.82, 2.24) is 0 Å². The van der Waals surface area contributed by atoms with Gasteiger partial charge >= 0.3 is 11.9 Å². The molecule has 0 aliphatic rings. The van der Waals surface area contributed by atoms with Crippen LogP contribution in [-0.4, -0.2) is 34.4 Å². The maximum absolute atomic E-state index is 11.9. The molecule has 5 heteroatoms. The molecule has 0 fully saturated rings. The molecule has 2 N–H and O–H groups in total. The average molecular weight is 579 g/mol. The Kier molecular flexibility index (Phi) is 30.4. The third-order valence-electron chi connectivity index (χ3n) is 7.66. The number of carbonyl (C=O) groups is 2. The molecule has 240 valence electrons. The van der Waals surface area contributed by atoms with Gasteiger partial charge in [0.2, 0.25) is 0 Å². The van der Waals surface area contributed by atoms with Gasteiger partial charge in [-0.15, -0.1) is 0 Å². The van der Waals surface area contributed by atoms with Crippen LogP contribution in [0.4, 0.5) is 0 Å². The summed E-state index contributed by atoms with van der Waals surface area (Å²) in [5, 5.41) is 19.9. The Morgan fingerprint density at radius 3 is 1.29 bits per heavy atom. The number of aliphatic hydroxyl groups is 2. The lowest BCUT2D eigenvalue weighted by atomic mass is 10.1. The summed E-state index contributed by atoms with van der Waals surface area (Å²) in [6.07, 6.45) is 34.2. The summed E-state index contributed by atoms with van der Waals surface area (Å²) in [6.45, 7) is 4.40. The van der Waals surface area contributed by atoms with E-state index in [1.807, 2.05) is 0 Å². The fourth-order valence-corrected chi connectivity index (χ4v) is 4.94. The molecule has 2 atom stereocenters. The van der Waals surface area contributed by atoms with Gasteiger partial charge in [-0.3, -0.25) is 9.59 Å². The molecule has 0 bridgehead atoms. The molecule has 0 saturated heterocycles. The molecular formula is C36H66O5. The van der Waals surface area contributed by atoms with Gasteiger partial charge in [0.1, 0.15) is 0 Å². The van der Waals surface area contributed by atoms with Crippen molar-refractivity contribution >= 4 is 11.9 Å². The predicted molar refractivity (Wildman–Crippen MR) is 173 cm³/mol. The zero-order valence-electron chi connectivity index (χ0n) is 27.0. The minimum atomic E-state index is -0.385. The quantitative estimate of drug-likeness (QED) is 0.0383. The summed E-state index contributed by atoms with van der Waals surface area (Å²) in [5.41, 5.74) is 0. The van der Waals surface area contributed by atoms with E-state index >= 15 is 0 Å². The lowest BCUT2D eigenvalue weighted by Crippen LogP contribution is -2.11. The first-order chi connectivity index (χ1) is 20.0. The average Bonchev–Trinajstić information content (AvgIpc) is 2.95. The molecule has 0 amide bonds. The topological polar surface area (TPSA) is 83.8 Å². The fourth-order valence-electron chi connectivity index (χ4n) is 4.94. The number of rotatable bonds is 30. The van der Waals surface area contributed by atoms with Gasteiger partial charge in [-0.2, -0.15) is 0 Å². The Bertz CT molecular complexity index is 588. The van der Waals surface area contributed by atoms with E-state index < -0.39 is 0 Å². The second kappa shape index (κ2) is 31.5. The molecule has 0 aliphatic heterocycles. The van der Waals surface area contributed by atoms with Crippen LogP contribution in [0.25, 0.3) is 0 Å². The lowest BCUT2D eigenvalue weighted by molar-refractivity contribution is -0.159. The Morgan fingerprint density at radius 2 is 0.878 bits per heavy atom. The van der Waals surface area contributed by atoms with Crippen molar-refractivity contribution in [3.63, 3.8) is 0 Å². The Morgan fingerprint density at radius 1 is 0.512 bits per heavy atom. The largest absolute Gasteiger partial charge is 0.393 e. The first-order valence-corrected chi connectivity index (χ1v) is 17.4. The van der Waals surface area contributed by atoms with Crippen LogP contribution in [-0.2, 0) is 14.3 Å². The van der Waals surface area contributed by atoms with Gasteiger partial charge in [0.15, 0.2) is 0 Å². The van der Waals surface area contributed by atoms with Gasteiger partial charge in [0, 0.05) is 12.8 Å². The highest BCUT2D eigenvalue weighted by Crippen LogP contribution is 2.13. The highest BCUT2D eigenvalue weighted by atomic mass is 16.6. The van der Waals surface area contributed by atoms with E-state index in [2.05, 4.69) is 38.2 Å². The number of hydrogen-bond acceptors (Lipinski definition) is 5. The van der Waals surface area contributed by atoms with Gasteiger partial charge in [-0.1, -0.05) is 128 Å². The summed E-state index contributed by atoms with van der Waals surface area (Å²) in [5.74, 6) is -0.770. The lowest BCUT2D eigenvalue weighted by Gasteiger charge is -2.07. The standard InChI is InChI=1S/C36H66O5/c1-3-5-7-21-27-33(37)29-23-17-13-9-11-15-19-25-31-35(39)41-36(40)32-26-20-16-12-10-14-18-24-30-34(38)28-22-8-6-4-2/h17-18,23-24,33-34,37-38H,3-16,19-22,25-32H2,1-2H3/t33-,34-/m1/s1. The SMILES string of the molecule is CCCCCC[C@@H](O)CC=CCCCCCCCC(=O)OC(=O)CCCCCCCC=CC[C@H](O)CCCCCC. The predicted octanol–water partition coefficient (Wildman–Crippen LogP) is 10.1. The van der Waals surface area contributed by atoms with E-state index in [9.17, 15) is 19.8 Å². The maximum Gasteiger partial charge on any atom is 0.313 e. The Hall–Kier alpha value is -1.46. The summed E-state index contributed by atoms with van der Waals surface area (Å²) < 4.78 is 4.97. The zero-order valence-corrected chi connectivity index (χ0v) is 27.0. The maximum atomic E-state index is 11.9. The van der Waals surface area contributed by atoms with Crippen LogP contribution in [0, 0.1) is 0 Å². The molecule has 0 aromatic rings. The normalized spacial score (nSPS) is 13.3. The molecular weight excluding hydrogens is 512 g/mol. The number of allylic oxidation sites excluding steroid dienone is 2. The zero-order chi connectivity index (χ0) is 30.2. The minimum Gasteiger partial charge on any atom is -0.393 e. The molecule has 0 heterocycles. The summed E-state index contributed by atoms with van der Waals surface area (Å²) in [4.78, 5) is 23.8. The second-order valence-corrected chi connectivity index (χ2v) is 11.9. The molecule has 0 aromatic heterocycles. The van der Waals surface area contributed by atoms with Crippen LogP contribution in [0.15, 0.2) is 24.3 Å². The van der Waals surface area contributed by atoms with Crippen molar-refractivity contribution in [2.75, 3.05) is 0 Å². The van der Waals surface area contributed by atoms with Crippen molar-refractivity contribution in [2.24, 2.45) is 0 Å². The van der Waals surface area contributed by atoms with Crippen LogP contribution in [0.2, 0.25) is 0 Å². The molecule has 41 heavy (non-hydrogen) atoms. The first kappa shape index (κ1) is 39.5. The van der Waals surface area contributed by atoms with Gasteiger partial charge < -0.3 is 14.9 Å². The summed E-state index contributed by atoms with van der Waals surface area (Å²) in [6, 6.07) is 0. The molecule has 0 unspecified atom stereocenters. The number of esters is 2. The van der Waals surface area contributed by atoms with E-state index in [0.29, 0.717) is 12.8 Å². The van der Waals surface area contributed by atoms with Crippen molar-refractivity contribution < 1.29 is 24.5 Å². The van der Waals surface area contributed by atoms with Crippen molar-refractivity contribution in [2.45, 2.75) is 193 Å². The van der Waals surface area contributed by atoms with Crippen LogP contribution >= 0.6 is 0 Å². The number of aliphatic hydroxyl groups excluding tert-OH is 2. The Balaban J connectivity index is 3.48. The smallest absolute Gasteiger partial charge is 0.313 e. The summed E-state index contributed by atoms with van der Waals surface area (Å²) >= 11 is 0. The van der Waals surface area contributed by atoms with Gasteiger partial charge in [0.05, 0.1) is 12.2 Å². The molecule has 5 nitrogen and oxygen atoms in total. The molecule has 0 radical (unpaired) electrons. The molecule has 0 spiro atoms. The first-order valence-electron chi connectivity index (χ1n) is 17.4. The van der Waals surface area contributed by atoms with E-state index in [4.69, 9.17) is 4.74 Å². The third-order valence-corrected chi connectivity index (χ3v) is 7.66. The molecule has 0 aliphatic carbocycles. The molecule has 0 aromatic carbocycles. The molecule has 0 rings (SSSR count). The number of hydrogen-bond donors (Lipinski definition) is 2. The molecule has 0 saturated carbocycles. The number of unbranched alkanes of at least 4 members (excludes halogenated alkanes) is 16. The minimum absolute atomic E-state index is 0.200. The highest BCUT2D eigenvalue weighted by molar-refractivity contribution is 5.85. The van der Waals surface area contributed by atoms with Crippen molar-refractivity contribution in [3.05, 3.63) is 24.3 Å². The van der Waals surface area contributed by atoms with Gasteiger partial charge in [0.25, 0.3) is 0 Å². The fraction of sp³-hybridized carbons (Fsp3) is 0.833. The van der Waals surface area contributed by atoms with Gasteiger partial charge in [-0.25, -0.2) is 0 Å². The van der Waals surface area contributed by atoms with Crippen LogP contribution < -0.4 is 0 Å². The third kappa shape index (κ3) is 31.3. The van der Waals surface area contributed by atoms with Crippen LogP contribution in [0.1, 0.15) is 181 Å². The summed E-state index contributed by atoms with van der Waals surface area (Å²) in [7, 11) is 0. The van der Waals surface area contributed by atoms with E-state index in [1.165, 1.54) is 38.5 Å². The van der Waals surface area contributed by atoms with E-state index in [1.54, 1.807) is 0 Å². The van der Waals surface area contributed by atoms with Crippen LogP contribution in [0.5, 0.6) is 0 Å². The highest BCUT2D eigenvalue weighted by Gasteiger charge is 2.10. The number of ether oxygens (including phenoxy) is 1. The van der Waals surface area contributed by atoms with Crippen molar-refractivity contribution in [1.29, 1.82) is 0 Å². The van der Waals surface area contributed by atoms with E-state index in [0.717, 1.165) is 116 Å².